The van der Waals surface area contributed by atoms with E-state index < -0.39 is 0 Å². The van der Waals surface area contributed by atoms with Crippen LogP contribution in [0.1, 0.15) is 46.2 Å². The fourth-order valence-corrected chi connectivity index (χ4v) is 4.18. The van der Waals surface area contributed by atoms with Crippen LogP contribution in [-0.2, 0) is 13.0 Å². The molecule has 2 heterocycles. The standard InChI is InChI=1S/C23H21N5O2/c29-22-17-10-5-4-9-16(17)21(26-27-22)23(30)25-19-11-6-12-20-18(19)13-24-28(20)14-15-7-2-1-3-8-15/h1-5,7-10,13,19H,6,11-12,14H2,(H,25,30)(H,27,29)/t19-/m1/s1. The van der Waals surface area contributed by atoms with Gasteiger partial charge in [0, 0.05) is 16.6 Å². The maximum Gasteiger partial charge on any atom is 0.272 e. The molecule has 1 aliphatic carbocycles. The molecule has 5 rings (SSSR count). The fourth-order valence-electron chi connectivity index (χ4n) is 4.18. The topological polar surface area (TPSA) is 92.7 Å². The first-order valence-corrected chi connectivity index (χ1v) is 10.1. The number of benzene rings is 2. The van der Waals surface area contributed by atoms with Crippen molar-refractivity contribution in [3.63, 3.8) is 0 Å². The number of carbonyl (C=O) groups excluding carboxylic acids is 1. The molecule has 1 aliphatic rings. The van der Waals surface area contributed by atoms with Gasteiger partial charge in [-0.2, -0.15) is 10.2 Å². The number of nitrogens with zero attached hydrogens (tertiary/aromatic N) is 3. The highest BCUT2D eigenvalue weighted by Gasteiger charge is 2.27. The third-order valence-corrected chi connectivity index (χ3v) is 5.65. The third kappa shape index (κ3) is 3.28. The minimum absolute atomic E-state index is 0.127. The van der Waals surface area contributed by atoms with Crippen LogP contribution in [0.4, 0.5) is 0 Å². The molecule has 7 nitrogen and oxygen atoms in total. The van der Waals surface area contributed by atoms with Gasteiger partial charge in [0.1, 0.15) is 0 Å². The lowest BCUT2D eigenvalue weighted by Gasteiger charge is -2.24. The van der Waals surface area contributed by atoms with Crippen molar-refractivity contribution in [3.8, 4) is 0 Å². The van der Waals surface area contributed by atoms with E-state index in [9.17, 15) is 9.59 Å². The van der Waals surface area contributed by atoms with Crippen LogP contribution < -0.4 is 10.9 Å². The van der Waals surface area contributed by atoms with E-state index in [4.69, 9.17) is 0 Å². The van der Waals surface area contributed by atoms with Crippen molar-refractivity contribution in [1.29, 1.82) is 0 Å². The van der Waals surface area contributed by atoms with Crippen molar-refractivity contribution < 1.29 is 4.79 Å². The summed E-state index contributed by atoms with van der Waals surface area (Å²) < 4.78 is 2.02. The van der Waals surface area contributed by atoms with Crippen LogP contribution in [0, 0.1) is 0 Å². The Hall–Kier alpha value is -3.74. The number of rotatable bonds is 4. The quantitative estimate of drug-likeness (QED) is 0.552. The van der Waals surface area contributed by atoms with Crippen LogP contribution in [0.2, 0.25) is 0 Å². The van der Waals surface area contributed by atoms with E-state index >= 15 is 0 Å². The van der Waals surface area contributed by atoms with Crippen LogP contribution in [0.15, 0.2) is 65.6 Å². The van der Waals surface area contributed by atoms with Gasteiger partial charge in [0.2, 0.25) is 0 Å². The van der Waals surface area contributed by atoms with Gasteiger partial charge in [-0.05, 0) is 30.9 Å². The Labute approximate surface area is 172 Å². The Morgan fingerprint density at radius 2 is 1.87 bits per heavy atom. The minimum atomic E-state index is -0.302. The van der Waals surface area contributed by atoms with Crippen molar-refractivity contribution in [2.75, 3.05) is 0 Å². The first kappa shape index (κ1) is 18.3. The zero-order valence-corrected chi connectivity index (χ0v) is 16.3. The maximum atomic E-state index is 13.0. The summed E-state index contributed by atoms with van der Waals surface area (Å²) in [6.45, 7) is 0.711. The van der Waals surface area contributed by atoms with Crippen LogP contribution in [-0.4, -0.2) is 25.9 Å². The average molecular weight is 399 g/mol. The molecular formula is C23H21N5O2. The number of aromatic nitrogens is 4. The molecule has 4 aromatic rings. The molecule has 1 atom stereocenters. The highest BCUT2D eigenvalue weighted by atomic mass is 16.2. The smallest absolute Gasteiger partial charge is 0.272 e. The molecule has 2 N–H and O–H groups in total. The zero-order valence-electron chi connectivity index (χ0n) is 16.3. The van der Waals surface area contributed by atoms with Crippen molar-refractivity contribution in [2.45, 2.75) is 31.8 Å². The van der Waals surface area contributed by atoms with E-state index in [1.807, 2.05) is 29.1 Å². The lowest BCUT2D eigenvalue weighted by molar-refractivity contribution is 0.0928. The second-order valence-corrected chi connectivity index (χ2v) is 7.56. The number of fused-ring (bicyclic) bond motifs is 2. The van der Waals surface area contributed by atoms with Crippen molar-refractivity contribution in [2.24, 2.45) is 0 Å². The Kier molecular flexibility index (Phi) is 4.63. The third-order valence-electron chi connectivity index (χ3n) is 5.65. The van der Waals surface area contributed by atoms with Crippen molar-refractivity contribution >= 4 is 16.7 Å². The van der Waals surface area contributed by atoms with E-state index in [0.29, 0.717) is 17.3 Å². The molecule has 0 radical (unpaired) electrons. The number of nitrogens with one attached hydrogen (secondary N) is 2. The highest BCUT2D eigenvalue weighted by molar-refractivity contribution is 6.04. The van der Waals surface area contributed by atoms with Gasteiger partial charge < -0.3 is 5.32 Å². The molecule has 0 saturated carbocycles. The molecule has 150 valence electrons. The molecule has 1 amide bonds. The first-order chi connectivity index (χ1) is 14.7. The first-order valence-electron chi connectivity index (χ1n) is 10.1. The van der Waals surface area contributed by atoms with Crippen LogP contribution in [0.3, 0.4) is 0 Å². The summed E-state index contributed by atoms with van der Waals surface area (Å²) in [6, 6.07) is 17.1. The number of hydrogen-bond donors (Lipinski definition) is 2. The number of amides is 1. The summed E-state index contributed by atoms with van der Waals surface area (Å²) in [7, 11) is 0. The monoisotopic (exact) mass is 399 g/mol. The van der Waals surface area contributed by atoms with Crippen LogP contribution in [0.5, 0.6) is 0 Å². The Morgan fingerprint density at radius 1 is 1.10 bits per heavy atom. The number of aromatic amines is 1. The largest absolute Gasteiger partial charge is 0.344 e. The normalized spacial score (nSPS) is 15.7. The SMILES string of the molecule is O=C(N[C@@H]1CCCc2c1cnn2Cc1ccccc1)c1n[nH]c(=O)c2ccccc12. The van der Waals surface area contributed by atoms with Gasteiger partial charge in [-0.15, -0.1) is 0 Å². The molecule has 0 aliphatic heterocycles. The van der Waals surface area contributed by atoms with Gasteiger partial charge in [0.05, 0.1) is 24.2 Å². The molecule has 0 saturated heterocycles. The Bertz CT molecular complexity index is 1280. The molecule has 30 heavy (non-hydrogen) atoms. The Balaban J connectivity index is 1.42. The number of carbonyl (C=O) groups is 1. The summed E-state index contributed by atoms with van der Waals surface area (Å²) in [4.78, 5) is 25.0. The number of H-pyrrole nitrogens is 1. The molecule has 7 heteroatoms. The van der Waals surface area contributed by atoms with Crippen molar-refractivity contribution in [1.82, 2.24) is 25.3 Å². The van der Waals surface area contributed by atoms with Crippen molar-refractivity contribution in [3.05, 3.63) is 93.7 Å². The lowest BCUT2D eigenvalue weighted by Crippen LogP contribution is -2.32. The molecule has 0 fully saturated rings. The van der Waals surface area contributed by atoms with Crippen LogP contribution >= 0.6 is 0 Å². The summed E-state index contributed by atoms with van der Waals surface area (Å²) in [5, 5.41) is 15.1. The second kappa shape index (κ2) is 7.59. The van der Waals surface area contributed by atoms with Gasteiger partial charge in [-0.25, -0.2) is 5.10 Å². The van der Waals surface area contributed by atoms with Crippen LogP contribution in [0.25, 0.3) is 10.8 Å². The molecular weight excluding hydrogens is 378 g/mol. The van der Waals surface area contributed by atoms with E-state index in [2.05, 4.69) is 32.7 Å². The molecule has 0 bridgehead atoms. The van der Waals surface area contributed by atoms with Gasteiger partial charge in [-0.3, -0.25) is 14.3 Å². The second-order valence-electron chi connectivity index (χ2n) is 7.56. The molecule has 0 spiro atoms. The van der Waals surface area contributed by atoms with Gasteiger partial charge in [-0.1, -0.05) is 48.5 Å². The molecule has 2 aromatic heterocycles. The lowest BCUT2D eigenvalue weighted by atomic mass is 9.92. The minimum Gasteiger partial charge on any atom is -0.344 e. The highest BCUT2D eigenvalue weighted by Crippen LogP contribution is 2.30. The average Bonchev–Trinajstić information content (AvgIpc) is 3.19. The predicted octanol–water partition coefficient (Wildman–Crippen LogP) is 2.98. The Morgan fingerprint density at radius 3 is 2.70 bits per heavy atom. The van der Waals surface area contributed by atoms with Gasteiger partial charge >= 0.3 is 0 Å². The molecule has 0 unspecified atom stereocenters. The van der Waals surface area contributed by atoms with E-state index in [1.165, 1.54) is 5.56 Å². The van der Waals surface area contributed by atoms with E-state index in [1.54, 1.807) is 24.3 Å². The number of hydrogen-bond acceptors (Lipinski definition) is 4. The summed E-state index contributed by atoms with van der Waals surface area (Å²) >= 11 is 0. The van der Waals surface area contributed by atoms with E-state index in [0.717, 1.165) is 30.5 Å². The van der Waals surface area contributed by atoms with Gasteiger partial charge in [0.15, 0.2) is 5.69 Å². The summed E-state index contributed by atoms with van der Waals surface area (Å²) in [5.74, 6) is -0.295. The molecule has 2 aromatic carbocycles. The summed E-state index contributed by atoms with van der Waals surface area (Å²) in [5.41, 5.74) is 3.34. The maximum absolute atomic E-state index is 13.0. The predicted molar refractivity (Wildman–Crippen MR) is 113 cm³/mol. The van der Waals surface area contributed by atoms with E-state index in [-0.39, 0.29) is 23.2 Å². The zero-order chi connectivity index (χ0) is 20.5. The summed E-state index contributed by atoms with van der Waals surface area (Å²) in [6.07, 6.45) is 4.62. The fraction of sp³-hybridized carbons (Fsp3) is 0.217. The van der Waals surface area contributed by atoms with Gasteiger partial charge in [0.25, 0.3) is 11.5 Å².